The first-order chi connectivity index (χ1) is 10.2. The molecule has 1 aliphatic heterocycles. The van der Waals surface area contributed by atoms with Crippen LogP contribution in [0.15, 0.2) is 6.33 Å². The van der Waals surface area contributed by atoms with Crippen molar-refractivity contribution in [2.45, 2.75) is 13.1 Å². The Hall–Kier alpha value is -2.29. The smallest absolute Gasteiger partial charge is 0.263 e. The minimum absolute atomic E-state index is 0.206. The fourth-order valence-electron chi connectivity index (χ4n) is 2.34. The Balaban J connectivity index is 1.97. The number of aromatic nitrogens is 3. The molecule has 0 atom stereocenters. The zero-order valence-electron chi connectivity index (χ0n) is 11.8. The van der Waals surface area contributed by atoms with E-state index in [1.165, 1.54) is 11.3 Å². The molecule has 2 aromatic rings. The van der Waals surface area contributed by atoms with Crippen molar-refractivity contribution in [2.24, 2.45) is 0 Å². The first kappa shape index (κ1) is 13.7. The maximum atomic E-state index is 11.9. The van der Waals surface area contributed by atoms with Crippen LogP contribution < -0.4 is 20.7 Å². The van der Waals surface area contributed by atoms with E-state index in [-0.39, 0.29) is 5.91 Å². The number of hydrogen-bond donors (Lipinski definition) is 2. The summed E-state index contributed by atoms with van der Waals surface area (Å²) in [5.41, 5.74) is 6.42. The summed E-state index contributed by atoms with van der Waals surface area (Å²) in [6, 6.07) is 0. The van der Waals surface area contributed by atoms with Gasteiger partial charge in [0, 0.05) is 20.1 Å². The summed E-state index contributed by atoms with van der Waals surface area (Å²) in [6.07, 6.45) is 1.72. The molecule has 21 heavy (non-hydrogen) atoms. The maximum Gasteiger partial charge on any atom is 0.263 e. The predicted octanol–water partition coefficient (Wildman–Crippen LogP) is 0.310. The fourth-order valence-corrected chi connectivity index (χ4v) is 3.51. The highest BCUT2D eigenvalue weighted by Crippen LogP contribution is 2.45. The lowest BCUT2D eigenvalue weighted by Gasteiger charge is -2.28. The van der Waals surface area contributed by atoms with Crippen LogP contribution in [-0.2, 0) is 13.1 Å². The molecule has 0 radical (unpaired) electrons. The molecule has 3 N–H and O–H groups in total. The van der Waals surface area contributed by atoms with Crippen molar-refractivity contribution in [1.29, 1.82) is 0 Å². The van der Waals surface area contributed by atoms with Gasteiger partial charge in [0.25, 0.3) is 5.91 Å². The lowest BCUT2D eigenvalue weighted by molar-refractivity contribution is 0.0967. The number of thiophene rings is 1. The van der Waals surface area contributed by atoms with E-state index < -0.39 is 0 Å². The number of amides is 1. The summed E-state index contributed by atoms with van der Waals surface area (Å²) in [6.45, 7) is 2.19. The third kappa shape index (κ3) is 2.19. The predicted molar refractivity (Wildman–Crippen MR) is 79.7 cm³/mol. The molecule has 1 aliphatic rings. The molecule has 0 saturated heterocycles. The van der Waals surface area contributed by atoms with E-state index in [1.54, 1.807) is 20.5 Å². The zero-order chi connectivity index (χ0) is 15.0. The summed E-state index contributed by atoms with van der Waals surface area (Å²) in [5.74, 6) is 1.23. The van der Waals surface area contributed by atoms with Crippen LogP contribution in [0.25, 0.3) is 0 Å². The van der Waals surface area contributed by atoms with Crippen molar-refractivity contribution in [2.75, 3.05) is 31.3 Å². The van der Waals surface area contributed by atoms with Crippen molar-refractivity contribution in [1.82, 2.24) is 20.1 Å². The van der Waals surface area contributed by atoms with Crippen molar-refractivity contribution in [3.05, 3.63) is 17.0 Å². The average Bonchev–Trinajstić information content (AvgIpc) is 3.09. The molecule has 8 nitrogen and oxygen atoms in total. The first-order valence-corrected chi connectivity index (χ1v) is 7.27. The number of carbonyl (C=O) groups excluding carboxylic acids is 1. The lowest BCUT2D eigenvalue weighted by Crippen LogP contribution is -2.33. The van der Waals surface area contributed by atoms with E-state index >= 15 is 0 Å². The van der Waals surface area contributed by atoms with Gasteiger partial charge in [0.15, 0.2) is 11.6 Å². The molecule has 0 unspecified atom stereocenters. The van der Waals surface area contributed by atoms with Gasteiger partial charge < -0.3 is 25.3 Å². The molecule has 0 bridgehead atoms. The van der Waals surface area contributed by atoms with Gasteiger partial charge in [-0.2, -0.15) is 0 Å². The number of nitrogens with one attached hydrogen (secondary N) is 1. The average molecular weight is 308 g/mol. The van der Waals surface area contributed by atoms with Crippen molar-refractivity contribution in [3.8, 4) is 5.75 Å². The number of anilines is 2. The third-order valence-electron chi connectivity index (χ3n) is 3.45. The molecule has 0 aromatic carbocycles. The quantitative estimate of drug-likeness (QED) is 0.847. The largest absolute Gasteiger partial charge is 0.492 e. The summed E-state index contributed by atoms with van der Waals surface area (Å²) in [4.78, 5) is 14.5. The minimum Gasteiger partial charge on any atom is -0.492 e. The van der Waals surface area contributed by atoms with E-state index in [4.69, 9.17) is 10.5 Å². The lowest BCUT2D eigenvalue weighted by atomic mass is 10.3. The minimum atomic E-state index is -0.206. The molecular formula is C12H16N6O2S. The molecule has 3 rings (SSSR count). The van der Waals surface area contributed by atoms with Crippen molar-refractivity contribution in [3.63, 3.8) is 0 Å². The van der Waals surface area contributed by atoms with E-state index in [2.05, 4.69) is 20.4 Å². The molecule has 0 saturated carbocycles. The van der Waals surface area contributed by atoms with Crippen LogP contribution in [0.2, 0.25) is 0 Å². The maximum absolute atomic E-state index is 11.9. The number of methoxy groups -OCH3 is 1. The number of carbonyl (C=O) groups is 1. The molecule has 2 aromatic heterocycles. The first-order valence-electron chi connectivity index (χ1n) is 6.45. The Morgan fingerprint density at radius 3 is 3.05 bits per heavy atom. The SMILES string of the molecule is CNC(=O)c1sc(N2CCn3cnnc3C2)c(OC)c1N. The summed E-state index contributed by atoms with van der Waals surface area (Å²) < 4.78 is 7.41. The van der Waals surface area contributed by atoms with Crippen LogP contribution in [0.1, 0.15) is 15.5 Å². The number of nitrogens with two attached hydrogens (primary N) is 1. The fraction of sp³-hybridized carbons (Fsp3) is 0.417. The van der Waals surface area contributed by atoms with Gasteiger partial charge in [-0.05, 0) is 0 Å². The van der Waals surface area contributed by atoms with Gasteiger partial charge in [0.05, 0.1) is 13.7 Å². The topological polar surface area (TPSA) is 98.3 Å². The van der Waals surface area contributed by atoms with Crippen LogP contribution in [-0.4, -0.2) is 41.4 Å². The van der Waals surface area contributed by atoms with Gasteiger partial charge >= 0.3 is 0 Å². The van der Waals surface area contributed by atoms with Crippen LogP contribution in [0.5, 0.6) is 5.75 Å². The van der Waals surface area contributed by atoms with Crippen molar-refractivity contribution >= 4 is 27.9 Å². The molecule has 0 aliphatic carbocycles. The molecular weight excluding hydrogens is 292 g/mol. The number of rotatable bonds is 3. The molecule has 1 amide bonds. The van der Waals surface area contributed by atoms with Gasteiger partial charge in [0.1, 0.15) is 21.9 Å². The third-order valence-corrected chi connectivity index (χ3v) is 4.69. The van der Waals surface area contributed by atoms with E-state index in [0.29, 0.717) is 22.9 Å². The number of hydrogen-bond acceptors (Lipinski definition) is 7. The van der Waals surface area contributed by atoms with Gasteiger partial charge in [-0.25, -0.2) is 0 Å². The second-order valence-corrected chi connectivity index (χ2v) is 5.62. The molecule has 3 heterocycles. The summed E-state index contributed by atoms with van der Waals surface area (Å²) in [7, 11) is 3.14. The monoisotopic (exact) mass is 308 g/mol. The Morgan fingerprint density at radius 2 is 2.33 bits per heavy atom. The van der Waals surface area contributed by atoms with Gasteiger partial charge in [-0.1, -0.05) is 0 Å². The molecule has 0 spiro atoms. The van der Waals surface area contributed by atoms with Gasteiger partial charge in [-0.3, -0.25) is 4.79 Å². The van der Waals surface area contributed by atoms with Crippen LogP contribution in [0.3, 0.4) is 0 Å². The van der Waals surface area contributed by atoms with Gasteiger partial charge in [0.2, 0.25) is 0 Å². The molecule has 9 heteroatoms. The highest BCUT2D eigenvalue weighted by atomic mass is 32.1. The zero-order valence-corrected chi connectivity index (χ0v) is 12.6. The van der Waals surface area contributed by atoms with E-state index in [1.807, 2.05) is 4.57 Å². The standard InChI is InChI=1S/C12H16N6O2S/c1-14-11(19)10-8(13)9(20-2)12(21-10)17-3-4-18-6-15-16-7(18)5-17/h6H,3-5,13H2,1-2H3,(H,14,19). The van der Waals surface area contributed by atoms with E-state index in [0.717, 1.165) is 23.9 Å². The highest BCUT2D eigenvalue weighted by molar-refractivity contribution is 7.19. The van der Waals surface area contributed by atoms with Crippen molar-refractivity contribution < 1.29 is 9.53 Å². The molecule has 112 valence electrons. The Labute approximate surface area is 125 Å². The number of nitrogen functional groups attached to an aromatic ring is 1. The second-order valence-electron chi connectivity index (χ2n) is 4.62. The van der Waals surface area contributed by atoms with Crippen LogP contribution in [0.4, 0.5) is 10.7 Å². The number of fused-ring (bicyclic) bond motifs is 1. The summed E-state index contributed by atoms with van der Waals surface area (Å²) >= 11 is 1.33. The van der Waals surface area contributed by atoms with Gasteiger partial charge in [-0.15, -0.1) is 21.5 Å². The summed E-state index contributed by atoms with van der Waals surface area (Å²) in [5, 5.41) is 11.4. The Morgan fingerprint density at radius 1 is 1.52 bits per heavy atom. The number of ether oxygens (including phenoxy) is 1. The van der Waals surface area contributed by atoms with E-state index in [9.17, 15) is 4.79 Å². The highest BCUT2D eigenvalue weighted by Gasteiger charge is 2.27. The van der Waals surface area contributed by atoms with Crippen LogP contribution >= 0.6 is 11.3 Å². The Bertz CT molecular complexity index is 679. The normalized spacial score (nSPS) is 13.9. The number of nitrogens with zero attached hydrogens (tertiary/aromatic N) is 4. The second kappa shape index (κ2) is 5.24. The van der Waals surface area contributed by atoms with Crippen LogP contribution in [0, 0.1) is 0 Å². The Kier molecular flexibility index (Phi) is 3.42. The molecule has 0 fully saturated rings.